The fourth-order valence-electron chi connectivity index (χ4n) is 2.68. The summed E-state index contributed by atoms with van der Waals surface area (Å²) in [5.41, 5.74) is 6.37. The highest BCUT2D eigenvalue weighted by atomic mass is 14.8. The highest BCUT2D eigenvalue weighted by Crippen LogP contribution is 2.28. The van der Waals surface area contributed by atoms with Gasteiger partial charge in [0.1, 0.15) is 0 Å². The minimum absolute atomic E-state index is 1.15. The average Bonchev–Trinajstić information content (AvgIpc) is 2.71. The molecule has 0 fully saturated rings. The number of nitrogens with one attached hydrogen (secondary N) is 1. The molecule has 0 heterocycles. The van der Waals surface area contributed by atoms with Gasteiger partial charge in [-0.15, -0.1) is 6.58 Å². The molecule has 1 heteroatoms. The normalized spacial score (nSPS) is 11.9. The number of rotatable bonds is 4. The minimum atomic E-state index is 1.15. The second-order valence-corrected chi connectivity index (χ2v) is 6.67. The molecule has 0 amide bonds. The Labute approximate surface area is 166 Å². The predicted octanol–water partition coefficient (Wildman–Crippen LogP) is 7.96. The van der Waals surface area contributed by atoms with Crippen LogP contribution in [-0.4, -0.2) is 7.05 Å². The van der Waals surface area contributed by atoms with Crippen LogP contribution in [-0.2, 0) is 0 Å². The van der Waals surface area contributed by atoms with Crippen LogP contribution in [0.25, 0.3) is 11.1 Å². The largest absolute Gasteiger partial charge is 0.388 e. The summed E-state index contributed by atoms with van der Waals surface area (Å²) in [4.78, 5) is 0. The van der Waals surface area contributed by atoms with E-state index in [2.05, 4.69) is 93.4 Å². The minimum Gasteiger partial charge on any atom is -0.388 e. The van der Waals surface area contributed by atoms with Crippen molar-refractivity contribution in [1.29, 1.82) is 0 Å². The monoisotopic (exact) mass is 361 g/mol. The van der Waals surface area contributed by atoms with E-state index >= 15 is 0 Å². The Morgan fingerprint density at radius 2 is 1.78 bits per heavy atom. The van der Waals surface area contributed by atoms with E-state index in [4.69, 9.17) is 0 Å². The number of hydrogen-bond donors (Lipinski definition) is 1. The molecule has 1 aliphatic carbocycles. The van der Waals surface area contributed by atoms with E-state index in [9.17, 15) is 0 Å². The Bertz CT molecular complexity index is 723. The van der Waals surface area contributed by atoms with Gasteiger partial charge < -0.3 is 5.32 Å². The maximum atomic E-state index is 3.55. The number of aryl methyl sites for hydroxylation is 1. The van der Waals surface area contributed by atoms with Gasteiger partial charge in [0, 0.05) is 18.3 Å². The van der Waals surface area contributed by atoms with Gasteiger partial charge in [0.25, 0.3) is 0 Å². The van der Waals surface area contributed by atoms with Crippen molar-refractivity contribution < 1.29 is 0 Å². The van der Waals surface area contributed by atoms with E-state index in [0.717, 1.165) is 6.42 Å². The SMILES string of the molecule is C=CCCC.CC1=CCCC=C1.CNc1cc(C)ccc1-c1ccccc1. The fraction of sp³-hybridized carbons (Fsp3) is 0.308. The first-order valence-electron chi connectivity index (χ1n) is 9.90. The van der Waals surface area contributed by atoms with Gasteiger partial charge in [0.05, 0.1) is 0 Å². The molecular weight excluding hydrogens is 326 g/mol. The van der Waals surface area contributed by atoms with Crippen LogP contribution in [0.4, 0.5) is 5.69 Å². The Hall–Kier alpha value is -2.54. The molecular formula is C26H35N. The number of unbranched alkanes of at least 4 members (excludes halogenated alkanes) is 1. The highest BCUT2D eigenvalue weighted by Gasteiger charge is 2.02. The zero-order valence-electron chi connectivity index (χ0n) is 17.5. The lowest BCUT2D eigenvalue weighted by Crippen LogP contribution is -1.92. The molecule has 0 radical (unpaired) electrons. The maximum absolute atomic E-state index is 3.55. The van der Waals surface area contributed by atoms with E-state index in [0.29, 0.717) is 0 Å². The number of allylic oxidation sites excluding steroid dienone is 5. The molecule has 144 valence electrons. The van der Waals surface area contributed by atoms with Crippen molar-refractivity contribution in [2.45, 2.75) is 46.5 Å². The Balaban J connectivity index is 0.000000252. The smallest absolute Gasteiger partial charge is 0.0419 e. The molecule has 2 aromatic carbocycles. The van der Waals surface area contributed by atoms with Crippen LogP contribution in [0, 0.1) is 6.92 Å². The molecule has 0 saturated carbocycles. The number of anilines is 1. The molecule has 3 rings (SSSR count). The lowest BCUT2D eigenvalue weighted by molar-refractivity contribution is 0.961. The van der Waals surface area contributed by atoms with Gasteiger partial charge in [-0.1, -0.05) is 85.7 Å². The van der Waals surface area contributed by atoms with Crippen LogP contribution in [0.2, 0.25) is 0 Å². The Morgan fingerprint density at radius 1 is 1.04 bits per heavy atom. The van der Waals surface area contributed by atoms with Crippen LogP contribution < -0.4 is 5.32 Å². The first-order chi connectivity index (χ1) is 13.1. The van der Waals surface area contributed by atoms with E-state index in [-0.39, 0.29) is 0 Å². The van der Waals surface area contributed by atoms with Gasteiger partial charge in [-0.3, -0.25) is 0 Å². The van der Waals surface area contributed by atoms with E-state index < -0.39 is 0 Å². The third kappa shape index (κ3) is 9.10. The molecule has 1 nitrogen and oxygen atoms in total. The van der Waals surface area contributed by atoms with Crippen molar-refractivity contribution in [3.63, 3.8) is 0 Å². The summed E-state index contributed by atoms with van der Waals surface area (Å²) in [5, 5.41) is 3.23. The summed E-state index contributed by atoms with van der Waals surface area (Å²) in [6.45, 7) is 9.93. The molecule has 27 heavy (non-hydrogen) atoms. The van der Waals surface area contributed by atoms with Gasteiger partial charge in [0.2, 0.25) is 0 Å². The topological polar surface area (TPSA) is 12.0 Å². The number of benzene rings is 2. The zero-order chi connectivity index (χ0) is 19.9. The van der Waals surface area contributed by atoms with Gasteiger partial charge in [-0.25, -0.2) is 0 Å². The summed E-state index contributed by atoms with van der Waals surface area (Å²) in [7, 11) is 1.96. The van der Waals surface area contributed by atoms with Crippen LogP contribution in [0.5, 0.6) is 0 Å². The van der Waals surface area contributed by atoms with Crippen molar-refractivity contribution >= 4 is 5.69 Å². The molecule has 0 unspecified atom stereocenters. The molecule has 0 spiro atoms. The second-order valence-electron chi connectivity index (χ2n) is 6.67. The van der Waals surface area contributed by atoms with Gasteiger partial charge in [-0.2, -0.15) is 0 Å². The molecule has 0 aromatic heterocycles. The summed E-state index contributed by atoms with van der Waals surface area (Å²) < 4.78 is 0. The van der Waals surface area contributed by atoms with Gasteiger partial charge in [0.15, 0.2) is 0 Å². The van der Waals surface area contributed by atoms with Crippen molar-refractivity contribution in [3.05, 3.63) is 90.6 Å². The molecule has 0 saturated heterocycles. The molecule has 1 aliphatic rings. The number of hydrogen-bond acceptors (Lipinski definition) is 1. The van der Waals surface area contributed by atoms with Crippen LogP contribution >= 0.6 is 0 Å². The molecule has 2 aromatic rings. The van der Waals surface area contributed by atoms with Crippen molar-refractivity contribution in [2.24, 2.45) is 0 Å². The van der Waals surface area contributed by atoms with Crippen molar-refractivity contribution in [2.75, 3.05) is 12.4 Å². The second kappa shape index (κ2) is 13.6. The Kier molecular flexibility index (Phi) is 11.4. The zero-order valence-corrected chi connectivity index (χ0v) is 17.5. The standard InChI is InChI=1S/C14H15N.C7H10.C5H10/c1-11-8-9-13(14(10-11)15-2)12-6-4-3-5-7-12;1-7-5-3-2-4-6-7;1-3-5-4-2/h3-10,15H,1-2H3;3,5-6H,2,4H2,1H3;3H,1,4-5H2,2H3. The third-order valence-corrected chi connectivity index (χ3v) is 4.20. The summed E-state index contributed by atoms with van der Waals surface area (Å²) >= 11 is 0. The summed E-state index contributed by atoms with van der Waals surface area (Å²) in [5.74, 6) is 0. The van der Waals surface area contributed by atoms with Crippen molar-refractivity contribution in [1.82, 2.24) is 0 Å². The molecule has 1 N–H and O–H groups in total. The van der Waals surface area contributed by atoms with E-state index in [1.165, 1.54) is 47.2 Å². The fourth-order valence-corrected chi connectivity index (χ4v) is 2.68. The van der Waals surface area contributed by atoms with E-state index in [1.54, 1.807) is 0 Å². The average molecular weight is 362 g/mol. The third-order valence-electron chi connectivity index (χ3n) is 4.20. The molecule has 0 atom stereocenters. The van der Waals surface area contributed by atoms with Crippen LogP contribution in [0.1, 0.15) is 45.1 Å². The molecule has 0 aliphatic heterocycles. The lowest BCUT2D eigenvalue weighted by Gasteiger charge is -2.10. The van der Waals surface area contributed by atoms with Crippen LogP contribution in [0.3, 0.4) is 0 Å². The summed E-state index contributed by atoms with van der Waals surface area (Å²) in [6.07, 6.45) is 13.4. The Morgan fingerprint density at radius 3 is 2.22 bits per heavy atom. The van der Waals surface area contributed by atoms with Crippen molar-refractivity contribution in [3.8, 4) is 11.1 Å². The van der Waals surface area contributed by atoms with Gasteiger partial charge >= 0.3 is 0 Å². The van der Waals surface area contributed by atoms with E-state index in [1.807, 2.05) is 19.2 Å². The summed E-state index contributed by atoms with van der Waals surface area (Å²) in [6, 6.07) is 16.9. The first-order valence-corrected chi connectivity index (χ1v) is 9.90. The first kappa shape index (κ1) is 22.5. The maximum Gasteiger partial charge on any atom is 0.0419 e. The quantitative estimate of drug-likeness (QED) is 0.545. The lowest BCUT2D eigenvalue weighted by atomic mass is 10.0. The highest BCUT2D eigenvalue weighted by molar-refractivity contribution is 5.78. The van der Waals surface area contributed by atoms with Crippen LogP contribution in [0.15, 0.2) is 85.0 Å². The molecule has 0 bridgehead atoms. The van der Waals surface area contributed by atoms with Gasteiger partial charge in [-0.05, 0) is 50.3 Å². The predicted molar refractivity (Wildman–Crippen MR) is 123 cm³/mol.